The van der Waals surface area contributed by atoms with Gasteiger partial charge in [0.1, 0.15) is 5.54 Å². The Labute approximate surface area is 126 Å². The van der Waals surface area contributed by atoms with Crippen molar-refractivity contribution in [2.24, 2.45) is 0 Å². The van der Waals surface area contributed by atoms with E-state index < -0.39 is 5.54 Å². The lowest BCUT2D eigenvalue weighted by molar-refractivity contribution is -0.131. The normalized spacial score (nSPS) is 25.1. The quantitative estimate of drug-likeness (QED) is 0.791. The summed E-state index contributed by atoms with van der Waals surface area (Å²) in [5.41, 5.74) is -0.705. The van der Waals surface area contributed by atoms with Crippen molar-refractivity contribution in [2.45, 2.75) is 44.8 Å². The van der Waals surface area contributed by atoms with Crippen LogP contribution in [-0.4, -0.2) is 54.1 Å². The van der Waals surface area contributed by atoms with E-state index in [1.165, 1.54) is 4.90 Å². The number of aryl methyl sites for hydroxylation is 1. The molecular formula is C12H18N6O2S. The molecule has 3 amide bonds. The smallest absolute Gasteiger partial charge is 0.322 e. The van der Waals surface area contributed by atoms with E-state index in [4.69, 9.17) is 0 Å². The van der Waals surface area contributed by atoms with Gasteiger partial charge in [0.05, 0.1) is 6.54 Å². The summed E-state index contributed by atoms with van der Waals surface area (Å²) in [5, 5.41) is 14.3. The number of nitrogens with zero attached hydrogens (tertiary/aromatic N) is 5. The molecule has 1 spiro atoms. The molecule has 2 saturated heterocycles. The van der Waals surface area contributed by atoms with Crippen LogP contribution in [-0.2, 0) is 17.9 Å². The maximum Gasteiger partial charge on any atom is 0.325 e. The van der Waals surface area contributed by atoms with E-state index in [9.17, 15) is 9.59 Å². The number of hydrogen-bond donors (Lipinski definition) is 1. The Morgan fingerprint density at radius 3 is 3.00 bits per heavy atom. The molecule has 3 rings (SSSR count). The molecule has 3 heterocycles. The largest absolute Gasteiger partial charge is 0.325 e. The number of amides is 3. The van der Waals surface area contributed by atoms with E-state index in [0.29, 0.717) is 24.5 Å². The van der Waals surface area contributed by atoms with Crippen molar-refractivity contribution < 1.29 is 9.59 Å². The number of tetrazole rings is 1. The summed E-state index contributed by atoms with van der Waals surface area (Å²) in [6, 6.07) is -0.340. The Kier molecular flexibility index (Phi) is 3.83. The fourth-order valence-corrected chi connectivity index (χ4v) is 3.94. The van der Waals surface area contributed by atoms with Gasteiger partial charge in [-0.15, -0.1) is 5.10 Å². The molecule has 1 N–H and O–H groups in total. The lowest BCUT2D eigenvalue weighted by atomic mass is 9.99. The Morgan fingerprint density at radius 1 is 1.43 bits per heavy atom. The minimum atomic E-state index is -0.705. The molecule has 114 valence electrons. The third kappa shape index (κ3) is 2.50. The van der Waals surface area contributed by atoms with Gasteiger partial charge >= 0.3 is 6.03 Å². The molecule has 21 heavy (non-hydrogen) atoms. The standard InChI is InChI=1S/C12H18N6O2S/c1-2-3-5-18-9(14-15-16-18)7-17-10(19)12(13-11(17)20)4-6-21-8-12/h2-8H2,1H3,(H,13,20)/t12-/m1/s1. The summed E-state index contributed by atoms with van der Waals surface area (Å²) in [4.78, 5) is 25.9. The first-order valence-electron chi connectivity index (χ1n) is 7.13. The van der Waals surface area contributed by atoms with Gasteiger partial charge in [-0.2, -0.15) is 11.8 Å². The Hall–Kier alpha value is -1.64. The second-order valence-electron chi connectivity index (χ2n) is 5.38. The maximum absolute atomic E-state index is 12.5. The Morgan fingerprint density at radius 2 is 2.29 bits per heavy atom. The fourth-order valence-electron chi connectivity index (χ4n) is 2.61. The van der Waals surface area contributed by atoms with E-state index in [2.05, 4.69) is 27.8 Å². The summed E-state index contributed by atoms with van der Waals surface area (Å²) in [6.07, 6.45) is 2.68. The average molecular weight is 310 g/mol. The van der Waals surface area contributed by atoms with E-state index in [-0.39, 0.29) is 18.5 Å². The van der Waals surface area contributed by atoms with Gasteiger partial charge in [-0.05, 0) is 29.0 Å². The third-order valence-electron chi connectivity index (χ3n) is 3.90. The van der Waals surface area contributed by atoms with Gasteiger partial charge in [-0.25, -0.2) is 9.48 Å². The van der Waals surface area contributed by atoms with Crippen LogP contribution >= 0.6 is 11.8 Å². The number of carbonyl (C=O) groups excluding carboxylic acids is 2. The first kappa shape index (κ1) is 14.3. The summed E-state index contributed by atoms with van der Waals surface area (Å²) >= 11 is 1.69. The SMILES string of the molecule is CCCCn1nnnc1CN1C(=O)N[C@@]2(CCSC2)C1=O. The first-order valence-corrected chi connectivity index (χ1v) is 8.28. The van der Waals surface area contributed by atoms with Gasteiger partial charge in [-0.1, -0.05) is 13.3 Å². The molecule has 2 aliphatic rings. The van der Waals surface area contributed by atoms with Crippen LogP contribution in [0.25, 0.3) is 0 Å². The number of imide groups is 1. The molecule has 8 nitrogen and oxygen atoms in total. The highest BCUT2D eigenvalue weighted by molar-refractivity contribution is 7.99. The van der Waals surface area contributed by atoms with Crippen LogP contribution in [0.1, 0.15) is 32.0 Å². The summed E-state index contributed by atoms with van der Waals surface area (Å²) in [6.45, 7) is 2.92. The number of rotatable bonds is 5. The zero-order valence-corrected chi connectivity index (χ0v) is 12.7. The molecular weight excluding hydrogens is 292 g/mol. The highest BCUT2D eigenvalue weighted by Crippen LogP contribution is 2.33. The number of carbonyl (C=O) groups is 2. The zero-order chi connectivity index (χ0) is 14.9. The van der Waals surface area contributed by atoms with E-state index in [1.54, 1.807) is 16.4 Å². The first-order chi connectivity index (χ1) is 10.2. The van der Waals surface area contributed by atoms with Gasteiger partial charge < -0.3 is 5.32 Å². The minimum Gasteiger partial charge on any atom is -0.322 e. The van der Waals surface area contributed by atoms with Crippen LogP contribution in [0.5, 0.6) is 0 Å². The van der Waals surface area contributed by atoms with Crippen molar-refractivity contribution >= 4 is 23.7 Å². The fraction of sp³-hybridized carbons (Fsp3) is 0.750. The molecule has 0 saturated carbocycles. The summed E-state index contributed by atoms with van der Waals surface area (Å²) in [5.74, 6) is 1.94. The number of thioether (sulfide) groups is 1. The highest BCUT2D eigenvalue weighted by atomic mass is 32.2. The van der Waals surface area contributed by atoms with Crippen molar-refractivity contribution in [3.63, 3.8) is 0 Å². The third-order valence-corrected chi connectivity index (χ3v) is 5.09. The Bertz CT molecular complexity index is 554. The second-order valence-corrected chi connectivity index (χ2v) is 6.48. The molecule has 2 fully saturated rings. The molecule has 1 aromatic heterocycles. The highest BCUT2D eigenvalue weighted by Gasteiger charge is 2.53. The van der Waals surface area contributed by atoms with Gasteiger partial charge in [0.25, 0.3) is 5.91 Å². The van der Waals surface area contributed by atoms with Crippen LogP contribution in [0.2, 0.25) is 0 Å². The van der Waals surface area contributed by atoms with Crippen molar-refractivity contribution in [3.8, 4) is 0 Å². The molecule has 0 aromatic carbocycles. The number of unbranched alkanes of at least 4 members (excludes halogenated alkanes) is 1. The van der Waals surface area contributed by atoms with E-state index in [1.807, 2.05) is 0 Å². The number of aromatic nitrogens is 4. The van der Waals surface area contributed by atoms with Crippen molar-refractivity contribution in [1.29, 1.82) is 0 Å². The van der Waals surface area contributed by atoms with Crippen molar-refractivity contribution in [3.05, 3.63) is 5.82 Å². The average Bonchev–Trinajstić information content (AvgIpc) is 3.15. The lowest BCUT2D eigenvalue weighted by Crippen LogP contribution is -2.47. The monoisotopic (exact) mass is 310 g/mol. The number of nitrogens with one attached hydrogen (secondary N) is 1. The molecule has 0 bridgehead atoms. The van der Waals surface area contributed by atoms with Crippen molar-refractivity contribution in [1.82, 2.24) is 30.4 Å². The van der Waals surface area contributed by atoms with Crippen LogP contribution < -0.4 is 5.32 Å². The van der Waals surface area contributed by atoms with Gasteiger partial charge in [0.2, 0.25) is 0 Å². The minimum absolute atomic E-state index is 0.133. The van der Waals surface area contributed by atoms with Crippen LogP contribution in [0.15, 0.2) is 0 Å². The lowest BCUT2D eigenvalue weighted by Gasteiger charge is -2.19. The van der Waals surface area contributed by atoms with E-state index >= 15 is 0 Å². The molecule has 0 aliphatic carbocycles. The van der Waals surface area contributed by atoms with E-state index in [0.717, 1.165) is 18.6 Å². The van der Waals surface area contributed by atoms with Crippen molar-refractivity contribution in [2.75, 3.05) is 11.5 Å². The molecule has 2 aliphatic heterocycles. The number of hydrogen-bond acceptors (Lipinski definition) is 6. The molecule has 9 heteroatoms. The van der Waals surface area contributed by atoms with Crippen LogP contribution in [0.3, 0.4) is 0 Å². The van der Waals surface area contributed by atoms with Crippen LogP contribution in [0.4, 0.5) is 4.79 Å². The molecule has 0 unspecified atom stereocenters. The maximum atomic E-state index is 12.5. The molecule has 0 radical (unpaired) electrons. The van der Waals surface area contributed by atoms with Gasteiger partial charge in [0.15, 0.2) is 5.82 Å². The Balaban J connectivity index is 1.74. The predicted molar refractivity (Wildman–Crippen MR) is 76.5 cm³/mol. The predicted octanol–water partition coefficient (Wildman–Crippen LogP) is 0.401. The zero-order valence-electron chi connectivity index (χ0n) is 11.9. The molecule has 1 aromatic rings. The summed E-state index contributed by atoms with van der Waals surface area (Å²) in [7, 11) is 0. The second kappa shape index (κ2) is 5.63. The molecule has 1 atom stereocenters. The summed E-state index contributed by atoms with van der Waals surface area (Å²) < 4.78 is 1.67. The number of urea groups is 1. The topological polar surface area (TPSA) is 93.0 Å². The van der Waals surface area contributed by atoms with Crippen LogP contribution in [0, 0.1) is 0 Å². The van der Waals surface area contributed by atoms with Gasteiger partial charge in [0, 0.05) is 12.3 Å². The van der Waals surface area contributed by atoms with Gasteiger partial charge in [-0.3, -0.25) is 9.69 Å².